The van der Waals surface area contributed by atoms with Gasteiger partial charge in [0, 0.05) is 11.9 Å². The largest absolute Gasteiger partial charge is 0.379 e. The molecule has 0 aliphatic rings. The molecule has 0 unspecified atom stereocenters. The monoisotopic (exact) mass is 288 g/mol. The van der Waals surface area contributed by atoms with E-state index in [0.717, 1.165) is 21.2 Å². The summed E-state index contributed by atoms with van der Waals surface area (Å²) in [4.78, 5) is 12.6. The molecule has 19 heavy (non-hydrogen) atoms. The van der Waals surface area contributed by atoms with E-state index in [1.54, 1.807) is 35.6 Å². The fourth-order valence-corrected chi connectivity index (χ4v) is 3.24. The van der Waals surface area contributed by atoms with Crippen molar-refractivity contribution >= 4 is 39.0 Å². The lowest BCUT2D eigenvalue weighted by Gasteiger charge is -2.05. The smallest absolute Gasteiger partial charge is 0.150 e. The topological polar surface area (TPSA) is 50.7 Å². The van der Waals surface area contributed by atoms with Gasteiger partial charge in [0.15, 0.2) is 4.34 Å². The molecule has 0 atom stereocenters. The van der Waals surface area contributed by atoms with Crippen molar-refractivity contribution in [2.45, 2.75) is 10.9 Å². The Bertz CT molecular complexity index is 681. The number of nitrogens with zero attached hydrogens (tertiary/aromatic N) is 3. The van der Waals surface area contributed by atoms with Gasteiger partial charge in [-0.25, -0.2) is 15.0 Å². The van der Waals surface area contributed by atoms with Gasteiger partial charge in [-0.05, 0) is 30.5 Å². The highest BCUT2D eigenvalue weighted by molar-refractivity contribution is 8.00. The molecule has 0 aliphatic heterocycles. The summed E-state index contributed by atoms with van der Waals surface area (Å²) in [6, 6.07) is 8.14. The van der Waals surface area contributed by atoms with Crippen LogP contribution in [0.15, 0.2) is 41.1 Å². The average molecular weight is 288 g/mol. The Labute approximate surface area is 119 Å². The van der Waals surface area contributed by atoms with Crippen molar-refractivity contribution in [1.29, 1.82) is 0 Å². The third-order valence-corrected chi connectivity index (χ3v) is 4.66. The lowest BCUT2D eigenvalue weighted by Crippen LogP contribution is -2.01. The van der Waals surface area contributed by atoms with Crippen molar-refractivity contribution in [3.05, 3.63) is 42.5 Å². The molecular weight excluding hydrogens is 276 g/mol. The molecule has 4 nitrogen and oxygen atoms in total. The molecule has 0 fully saturated rings. The van der Waals surface area contributed by atoms with E-state index in [-0.39, 0.29) is 0 Å². The van der Waals surface area contributed by atoms with Gasteiger partial charge in [0.25, 0.3) is 0 Å². The van der Waals surface area contributed by atoms with Crippen LogP contribution >= 0.6 is 23.1 Å². The van der Waals surface area contributed by atoms with Crippen molar-refractivity contribution in [2.24, 2.45) is 0 Å². The normalized spacial score (nSPS) is 10.8. The first-order chi connectivity index (χ1) is 9.35. The molecule has 0 spiro atoms. The summed E-state index contributed by atoms with van der Waals surface area (Å²) < 4.78 is 2.31. The number of hydrogen-bond acceptors (Lipinski definition) is 6. The van der Waals surface area contributed by atoms with Crippen molar-refractivity contribution in [2.75, 3.05) is 11.6 Å². The maximum atomic E-state index is 4.52. The number of thiazole rings is 1. The van der Waals surface area contributed by atoms with E-state index in [1.807, 2.05) is 24.5 Å². The summed E-state index contributed by atoms with van der Waals surface area (Å²) in [7, 11) is 0. The number of nitrogens with one attached hydrogen (secondary N) is 1. The third-order valence-electron chi connectivity index (χ3n) is 2.66. The van der Waals surface area contributed by atoms with Gasteiger partial charge in [-0.15, -0.1) is 11.3 Å². The highest BCUT2D eigenvalue weighted by atomic mass is 32.2. The van der Waals surface area contributed by atoms with Gasteiger partial charge in [0.2, 0.25) is 0 Å². The van der Waals surface area contributed by atoms with Gasteiger partial charge in [0.1, 0.15) is 6.33 Å². The molecule has 0 saturated carbocycles. The summed E-state index contributed by atoms with van der Waals surface area (Å²) in [6.07, 6.45) is 5.36. The lowest BCUT2D eigenvalue weighted by atomic mass is 10.3. The fraction of sp³-hybridized carbons (Fsp3) is 0.154. The first-order valence-electron chi connectivity index (χ1n) is 5.78. The van der Waals surface area contributed by atoms with Gasteiger partial charge in [-0.2, -0.15) is 0 Å². The number of thioether (sulfide) groups is 1. The zero-order valence-corrected chi connectivity index (χ0v) is 12.0. The Morgan fingerprint density at radius 1 is 1.32 bits per heavy atom. The first kappa shape index (κ1) is 12.4. The Balaban J connectivity index is 1.78. The zero-order valence-electron chi connectivity index (χ0n) is 10.3. The zero-order chi connectivity index (χ0) is 13.1. The van der Waals surface area contributed by atoms with Crippen molar-refractivity contribution in [3.63, 3.8) is 0 Å². The van der Waals surface area contributed by atoms with Crippen LogP contribution in [0.2, 0.25) is 0 Å². The van der Waals surface area contributed by atoms with Crippen molar-refractivity contribution in [1.82, 2.24) is 15.0 Å². The van der Waals surface area contributed by atoms with Gasteiger partial charge >= 0.3 is 0 Å². The van der Waals surface area contributed by atoms with Crippen LogP contribution in [0, 0.1) is 0 Å². The highest BCUT2D eigenvalue weighted by Crippen LogP contribution is 2.29. The van der Waals surface area contributed by atoms with E-state index in [4.69, 9.17) is 0 Å². The molecule has 6 heteroatoms. The molecule has 2 heterocycles. The van der Waals surface area contributed by atoms with Gasteiger partial charge < -0.3 is 5.32 Å². The third kappa shape index (κ3) is 2.85. The summed E-state index contributed by atoms with van der Waals surface area (Å²) >= 11 is 3.40. The summed E-state index contributed by atoms with van der Waals surface area (Å²) in [5.74, 6) is 0. The van der Waals surface area contributed by atoms with Crippen LogP contribution in [0.4, 0.5) is 5.69 Å². The van der Waals surface area contributed by atoms with E-state index >= 15 is 0 Å². The maximum Gasteiger partial charge on any atom is 0.150 e. The molecule has 1 aromatic carbocycles. The molecule has 0 radical (unpaired) electrons. The van der Waals surface area contributed by atoms with Crippen LogP contribution in [-0.2, 0) is 6.54 Å². The Morgan fingerprint density at radius 2 is 2.26 bits per heavy atom. The number of fused-ring (bicyclic) bond motifs is 1. The first-order valence-corrected chi connectivity index (χ1v) is 7.82. The van der Waals surface area contributed by atoms with Crippen molar-refractivity contribution in [3.8, 4) is 0 Å². The van der Waals surface area contributed by atoms with Gasteiger partial charge in [-0.1, -0.05) is 11.8 Å². The van der Waals surface area contributed by atoms with E-state index in [1.165, 1.54) is 4.70 Å². The van der Waals surface area contributed by atoms with E-state index < -0.39 is 0 Å². The average Bonchev–Trinajstić information content (AvgIpc) is 2.88. The predicted molar refractivity (Wildman–Crippen MR) is 80.8 cm³/mol. The quantitative estimate of drug-likeness (QED) is 0.745. The fourth-order valence-electron chi connectivity index (χ4n) is 1.72. The number of hydrogen-bond donors (Lipinski definition) is 1. The summed E-state index contributed by atoms with van der Waals surface area (Å²) in [5.41, 5.74) is 3.12. The van der Waals surface area contributed by atoms with Crippen molar-refractivity contribution < 1.29 is 0 Å². The minimum absolute atomic E-state index is 0.697. The second kappa shape index (κ2) is 5.54. The SMILES string of the molecule is CSc1nc2ccc(NCc3ccncn3)cc2s1. The molecule has 96 valence electrons. The molecule has 0 aliphatic carbocycles. The number of anilines is 1. The van der Waals surface area contributed by atoms with Crippen LogP contribution in [0.1, 0.15) is 5.69 Å². The van der Waals surface area contributed by atoms with E-state index in [9.17, 15) is 0 Å². The van der Waals surface area contributed by atoms with Crippen LogP contribution in [0.25, 0.3) is 10.2 Å². The van der Waals surface area contributed by atoms with E-state index in [0.29, 0.717) is 6.54 Å². The maximum absolute atomic E-state index is 4.52. The van der Waals surface area contributed by atoms with Crippen LogP contribution in [0.3, 0.4) is 0 Å². The Kier molecular flexibility index (Phi) is 3.61. The summed E-state index contributed by atoms with van der Waals surface area (Å²) in [6.45, 7) is 0.697. The minimum Gasteiger partial charge on any atom is -0.379 e. The highest BCUT2D eigenvalue weighted by Gasteiger charge is 2.03. The predicted octanol–water partition coefficient (Wildman–Crippen LogP) is 3.42. The van der Waals surface area contributed by atoms with Crippen LogP contribution in [0.5, 0.6) is 0 Å². The molecule has 3 aromatic rings. The minimum atomic E-state index is 0.697. The second-order valence-corrected chi connectivity index (χ2v) is 6.00. The molecular formula is C13H12N4S2. The molecule has 0 bridgehead atoms. The number of aromatic nitrogens is 3. The van der Waals surface area contributed by atoms with Gasteiger partial charge in [-0.3, -0.25) is 0 Å². The van der Waals surface area contributed by atoms with Gasteiger partial charge in [0.05, 0.1) is 22.5 Å². The molecule has 0 saturated heterocycles. The number of benzene rings is 1. The second-order valence-electron chi connectivity index (χ2n) is 3.92. The van der Waals surface area contributed by atoms with Crippen LogP contribution in [-0.4, -0.2) is 21.2 Å². The van der Waals surface area contributed by atoms with Crippen LogP contribution < -0.4 is 5.32 Å². The summed E-state index contributed by atoms with van der Waals surface area (Å²) in [5, 5.41) is 3.36. The Morgan fingerprint density at radius 3 is 3.05 bits per heavy atom. The molecule has 3 rings (SSSR count). The molecule has 1 N–H and O–H groups in total. The van der Waals surface area contributed by atoms with E-state index in [2.05, 4.69) is 26.3 Å². The lowest BCUT2D eigenvalue weighted by molar-refractivity contribution is 1.01. The standard InChI is InChI=1S/C13H12N4S2/c1-18-13-17-11-3-2-9(6-12(11)19-13)15-7-10-4-5-14-8-16-10/h2-6,8,15H,7H2,1H3. The Hall–Kier alpha value is -1.66. The molecule has 2 aromatic heterocycles. The molecule has 0 amide bonds. The number of rotatable bonds is 4.